The quantitative estimate of drug-likeness (QED) is 0.661. The van der Waals surface area contributed by atoms with Crippen molar-refractivity contribution in [3.63, 3.8) is 0 Å². The Balaban J connectivity index is 2.34. The van der Waals surface area contributed by atoms with E-state index in [1.165, 1.54) is 22.3 Å². The van der Waals surface area contributed by atoms with E-state index >= 15 is 0 Å². The fourth-order valence-corrected chi connectivity index (χ4v) is 2.99. The summed E-state index contributed by atoms with van der Waals surface area (Å²) in [4.78, 5) is 0. The topological polar surface area (TPSA) is 51.2 Å². The van der Waals surface area contributed by atoms with Crippen LogP contribution >= 0.6 is 0 Å². The van der Waals surface area contributed by atoms with Gasteiger partial charge in [-0.25, -0.2) is 0 Å². The van der Waals surface area contributed by atoms with Gasteiger partial charge in [-0.1, -0.05) is 17.7 Å². The molecule has 0 saturated heterocycles. The van der Waals surface area contributed by atoms with Crippen LogP contribution in [0, 0.1) is 34.6 Å². The van der Waals surface area contributed by atoms with E-state index in [1.54, 1.807) is 0 Å². The van der Waals surface area contributed by atoms with Gasteiger partial charge in [-0.05, 0) is 63.8 Å². The third-order valence-corrected chi connectivity index (χ3v) is 3.90. The van der Waals surface area contributed by atoms with Gasteiger partial charge in [0.15, 0.2) is 0 Å². The van der Waals surface area contributed by atoms with Crippen LogP contribution in [-0.2, 0) is 6.42 Å². The highest BCUT2D eigenvalue weighted by Crippen LogP contribution is 2.27. The molecule has 2 rings (SSSR count). The Morgan fingerprint density at radius 1 is 1.05 bits per heavy atom. The number of rotatable bonds is 4. The molecule has 1 heterocycles. The molecule has 0 aliphatic rings. The molecule has 108 valence electrons. The average Bonchev–Trinajstić information content (AvgIpc) is 2.67. The number of furan rings is 1. The largest absolute Gasteiger partial charge is 0.466 e. The Morgan fingerprint density at radius 2 is 1.65 bits per heavy atom. The fraction of sp³-hybridized carbons (Fsp3) is 0.412. The Bertz CT molecular complexity index is 590. The summed E-state index contributed by atoms with van der Waals surface area (Å²) in [5.41, 5.74) is 9.37. The summed E-state index contributed by atoms with van der Waals surface area (Å²) in [6, 6.07) is 6.60. The average molecular weight is 272 g/mol. The van der Waals surface area contributed by atoms with Crippen molar-refractivity contribution in [2.24, 2.45) is 5.84 Å². The molecule has 3 heteroatoms. The lowest BCUT2D eigenvalue weighted by molar-refractivity contribution is 0.484. The van der Waals surface area contributed by atoms with Crippen LogP contribution in [-0.4, -0.2) is 0 Å². The van der Waals surface area contributed by atoms with E-state index in [4.69, 9.17) is 10.3 Å². The molecule has 3 nitrogen and oxygen atoms in total. The Labute approximate surface area is 121 Å². The van der Waals surface area contributed by atoms with Crippen molar-refractivity contribution in [1.29, 1.82) is 0 Å². The second-order valence-electron chi connectivity index (χ2n) is 5.67. The molecule has 0 aliphatic carbocycles. The highest BCUT2D eigenvalue weighted by atomic mass is 16.3. The summed E-state index contributed by atoms with van der Waals surface area (Å²) in [6.07, 6.45) is 0.869. The van der Waals surface area contributed by atoms with Crippen molar-refractivity contribution >= 4 is 0 Å². The summed E-state index contributed by atoms with van der Waals surface area (Å²) in [6.45, 7) is 10.4. The normalized spacial score (nSPS) is 12.7. The van der Waals surface area contributed by atoms with Gasteiger partial charge in [-0.3, -0.25) is 11.3 Å². The van der Waals surface area contributed by atoms with Gasteiger partial charge in [0.25, 0.3) is 0 Å². The van der Waals surface area contributed by atoms with Gasteiger partial charge in [0, 0.05) is 5.56 Å². The van der Waals surface area contributed by atoms with Crippen LogP contribution < -0.4 is 11.3 Å². The van der Waals surface area contributed by atoms with E-state index in [9.17, 15) is 0 Å². The van der Waals surface area contributed by atoms with Crippen molar-refractivity contribution in [2.45, 2.75) is 47.1 Å². The van der Waals surface area contributed by atoms with Crippen molar-refractivity contribution in [2.75, 3.05) is 0 Å². The molecule has 0 aliphatic heterocycles. The zero-order valence-corrected chi connectivity index (χ0v) is 13.0. The maximum absolute atomic E-state index is 5.77. The van der Waals surface area contributed by atoms with Crippen molar-refractivity contribution in [1.82, 2.24) is 5.43 Å². The smallest absolute Gasteiger partial charge is 0.105 e. The van der Waals surface area contributed by atoms with E-state index < -0.39 is 0 Å². The molecule has 20 heavy (non-hydrogen) atoms. The van der Waals surface area contributed by atoms with Crippen molar-refractivity contribution in [3.05, 3.63) is 57.5 Å². The number of nitrogens with two attached hydrogens (primary N) is 1. The van der Waals surface area contributed by atoms with Crippen LogP contribution in [0.15, 0.2) is 22.6 Å². The Kier molecular flexibility index (Phi) is 4.31. The molecular weight excluding hydrogens is 248 g/mol. The van der Waals surface area contributed by atoms with E-state index in [1.807, 2.05) is 13.8 Å². The van der Waals surface area contributed by atoms with Crippen LogP contribution in [0.25, 0.3) is 0 Å². The standard InChI is InChI=1S/C17H24N2O/c1-10-6-11(2)15(12(3)7-10)9-17(19-18)16-8-13(4)20-14(16)5/h6-8,17,19H,9,18H2,1-5H3. The minimum Gasteiger partial charge on any atom is -0.466 e. The number of hydrogen-bond donors (Lipinski definition) is 2. The predicted molar refractivity (Wildman–Crippen MR) is 82.6 cm³/mol. The second kappa shape index (κ2) is 5.81. The SMILES string of the molecule is Cc1cc(C)c(CC(NN)c2cc(C)oc2C)c(C)c1. The molecule has 0 radical (unpaired) electrons. The van der Waals surface area contributed by atoms with Crippen LogP contribution in [0.5, 0.6) is 0 Å². The van der Waals surface area contributed by atoms with E-state index in [0.717, 1.165) is 23.5 Å². The lowest BCUT2D eigenvalue weighted by Gasteiger charge is -2.19. The van der Waals surface area contributed by atoms with Gasteiger partial charge in [0.05, 0.1) is 6.04 Å². The zero-order valence-electron chi connectivity index (χ0n) is 13.0. The monoisotopic (exact) mass is 272 g/mol. The molecule has 0 spiro atoms. The first kappa shape index (κ1) is 14.8. The van der Waals surface area contributed by atoms with Gasteiger partial charge in [-0.2, -0.15) is 0 Å². The lowest BCUT2D eigenvalue weighted by atomic mass is 9.92. The number of aryl methyl sites for hydroxylation is 5. The summed E-state index contributed by atoms with van der Waals surface area (Å²) in [7, 11) is 0. The molecule has 1 atom stereocenters. The van der Waals surface area contributed by atoms with Crippen molar-refractivity contribution in [3.8, 4) is 0 Å². The lowest BCUT2D eigenvalue weighted by Crippen LogP contribution is -2.30. The maximum Gasteiger partial charge on any atom is 0.105 e. The molecule has 1 aromatic carbocycles. The summed E-state index contributed by atoms with van der Waals surface area (Å²) < 4.78 is 5.62. The predicted octanol–water partition coefficient (Wildman–Crippen LogP) is 3.57. The minimum atomic E-state index is 0.0764. The highest BCUT2D eigenvalue weighted by molar-refractivity contribution is 5.39. The van der Waals surface area contributed by atoms with Gasteiger partial charge in [-0.15, -0.1) is 0 Å². The Morgan fingerprint density at radius 3 is 2.10 bits per heavy atom. The second-order valence-corrected chi connectivity index (χ2v) is 5.67. The molecule has 1 aromatic heterocycles. The first-order valence-corrected chi connectivity index (χ1v) is 7.02. The van der Waals surface area contributed by atoms with Crippen LogP contribution in [0.2, 0.25) is 0 Å². The van der Waals surface area contributed by atoms with Crippen LogP contribution in [0.3, 0.4) is 0 Å². The fourth-order valence-electron chi connectivity index (χ4n) is 2.99. The van der Waals surface area contributed by atoms with Gasteiger partial charge >= 0.3 is 0 Å². The molecule has 0 bridgehead atoms. The number of nitrogens with one attached hydrogen (secondary N) is 1. The third kappa shape index (κ3) is 2.94. The summed E-state index contributed by atoms with van der Waals surface area (Å²) >= 11 is 0. The van der Waals surface area contributed by atoms with Gasteiger partial charge in [0.1, 0.15) is 11.5 Å². The number of hydrazine groups is 1. The first-order chi connectivity index (χ1) is 9.42. The Hall–Kier alpha value is -1.58. The van der Waals surface area contributed by atoms with Gasteiger partial charge in [0.2, 0.25) is 0 Å². The number of hydrogen-bond acceptors (Lipinski definition) is 3. The summed E-state index contributed by atoms with van der Waals surface area (Å²) in [5, 5.41) is 0. The summed E-state index contributed by atoms with van der Waals surface area (Å²) in [5.74, 6) is 7.63. The molecule has 1 unspecified atom stereocenters. The molecule has 0 saturated carbocycles. The molecule has 0 amide bonds. The van der Waals surface area contributed by atoms with Crippen molar-refractivity contribution < 1.29 is 4.42 Å². The molecular formula is C17H24N2O. The third-order valence-electron chi connectivity index (χ3n) is 3.90. The molecule has 0 fully saturated rings. The number of benzene rings is 1. The van der Waals surface area contributed by atoms with Crippen LogP contribution in [0.4, 0.5) is 0 Å². The van der Waals surface area contributed by atoms with Crippen LogP contribution in [0.1, 0.15) is 45.4 Å². The first-order valence-electron chi connectivity index (χ1n) is 7.02. The highest BCUT2D eigenvalue weighted by Gasteiger charge is 2.18. The molecule has 3 N–H and O–H groups in total. The van der Waals surface area contributed by atoms with E-state index in [-0.39, 0.29) is 6.04 Å². The maximum atomic E-state index is 5.77. The molecule has 2 aromatic rings. The zero-order chi connectivity index (χ0) is 14.9. The van der Waals surface area contributed by atoms with Gasteiger partial charge < -0.3 is 4.42 Å². The minimum absolute atomic E-state index is 0.0764. The van der Waals surface area contributed by atoms with E-state index in [2.05, 4.69) is 44.4 Å². The van der Waals surface area contributed by atoms with E-state index in [0.29, 0.717) is 0 Å².